The van der Waals surface area contributed by atoms with Crippen LogP contribution < -0.4 is 0 Å². The number of carbonyl (C=O) groups excluding carboxylic acids is 2. The van der Waals surface area contributed by atoms with E-state index in [1.807, 2.05) is 60.7 Å². The van der Waals surface area contributed by atoms with Crippen molar-refractivity contribution >= 4 is 41.1 Å². The van der Waals surface area contributed by atoms with E-state index in [4.69, 9.17) is 9.57 Å². The van der Waals surface area contributed by atoms with Crippen LogP contribution in [0.2, 0.25) is 0 Å². The van der Waals surface area contributed by atoms with Gasteiger partial charge in [0.05, 0.1) is 0 Å². The van der Waals surface area contributed by atoms with Gasteiger partial charge in [0.2, 0.25) is 5.16 Å². The fraction of sp³-hybridized carbons (Fsp3) is 0.250. The molecule has 36 heavy (non-hydrogen) atoms. The maximum atomic E-state index is 13.8. The molecule has 0 unspecified atom stereocenters. The van der Waals surface area contributed by atoms with Crippen molar-refractivity contribution in [2.24, 2.45) is 12.2 Å². The molecule has 12 heteroatoms. The van der Waals surface area contributed by atoms with Crippen molar-refractivity contribution in [3.63, 3.8) is 0 Å². The van der Waals surface area contributed by atoms with Gasteiger partial charge in [-0.2, -0.15) is 0 Å². The van der Waals surface area contributed by atoms with Gasteiger partial charge in [-0.25, -0.2) is 9.48 Å². The second kappa shape index (κ2) is 10.5. The topological polar surface area (TPSA) is 112 Å². The smallest absolute Gasteiger partial charge is 0.356 e. The average molecular weight is 523 g/mol. The number of carbonyl (C=O) groups is 2. The summed E-state index contributed by atoms with van der Waals surface area (Å²) in [7, 11) is 3.14. The molecule has 2 aliphatic heterocycles. The van der Waals surface area contributed by atoms with Crippen LogP contribution in [0.25, 0.3) is 0 Å². The number of ether oxygens (including phenoxy) is 1. The van der Waals surface area contributed by atoms with Crippen LogP contribution >= 0.6 is 23.5 Å². The average Bonchev–Trinajstić information content (AvgIpc) is 3.33. The fourth-order valence-corrected chi connectivity index (χ4v) is 6.20. The Labute approximate surface area is 215 Å². The fourth-order valence-electron chi connectivity index (χ4n) is 3.96. The molecule has 2 aliphatic rings. The Bertz CT molecular complexity index is 1290. The molecule has 5 rings (SSSR count). The second-order valence-electron chi connectivity index (χ2n) is 7.93. The third kappa shape index (κ3) is 4.61. The van der Waals surface area contributed by atoms with E-state index in [2.05, 4.69) is 20.7 Å². The lowest BCUT2D eigenvalue weighted by Gasteiger charge is -2.44. The summed E-state index contributed by atoms with van der Waals surface area (Å²) < 4.78 is 7.68. The number of oxime groups is 1. The molecule has 2 aromatic carbocycles. The van der Waals surface area contributed by atoms with Gasteiger partial charge in [0.25, 0.3) is 5.91 Å². The summed E-state index contributed by atoms with van der Waals surface area (Å²) in [6.45, 7) is 0. The van der Waals surface area contributed by atoms with Crippen molar-refractivity contribution in [3.8, 4) is 0 Å². The van der Waals surface area contributed by atoms with Gasteiger partial charge in [0.15, 0.2) is 11.8 Å². The Kier molecular flexibility index (Phi) is 7.05. The van der Waals surface area contributed by atoms with Crippen LogP contribution in [0.3, 0.4) is 0 Å². The summed E-state index contributed by atoms with van der Waals surface area (Å²) in [5.74, 6) is -0.0177. The lowest BCUT2D eigenvalue weighted by atomic mass is 10.0. The van der Waals surface area contributed by atoms with Crippen LogP contribution in [-0.2, 0) is 26.2 Å². The molecule has 3 aromatic rings. The largest absolute Gasteiger partial charge is 0.448 e. The summed E-state index contributed by atoms with van der Waals surface area (Å²) in [6.07, 6.45) is -0.638. The highest BCUT2D eigenvalue weighted by molar-refractivity contribution is 8.01. The van der Waals surface area contributed by atoms with Crippen molar-refractivity contribution in [2.45, 2.75) is 16.6 Å². The zero-order valence-corrected chi connectivity index (χ0v) is 21.1. The van der Waals surface area contributed by atoms with E-state index in [-0.39, 0.29) is 17.3 Å². The van der Waals surface area contributed by atoms with Crippen molar-refractivity contribution in [2.75, 3.05) is 18.6 Å². The summed E-state index contributed by atoms with van der Waals surface area (Å²) in [6, 6.07) is 19.1. The number of hydrogen-bond donors (Lipinski definition) is 0. The van der Waals surface area contributed by atoms with Crippen LogP contribution in [0.15, 0.2) is 82.2 Å². The normalized spacial score (nSPS) is 18.3. The number of tetrazole rings is 1. The van der Waals surface area contributed by atoms with E-state index in [1.54, 1.807) is 11.7 Å². The number of β-lactam (4-membered cyclic amide) rings is 1. The Balaban J connectivity index is 1.49. The maximum absolute atomic E-state index is 13.8. The van der Waals surface area contributed by atoms with Gasteiger partial charge in [-0.05, 0) is 27.1 Å². The van der Waals surface area contributed by atoms with Crippen LogP contribution in [0.1, 0.15) is 17.2 Å². The van der Waals surface area contributed by atoms with Gasteiger partial charge in [-0.15, -0.1) is 16.9 Å². The predicted molar refractivity (Wildman–Crippen MR) is 135 cm³/mol. The monoisotopic (exact) mass is 522 g/mol. The second-order valence-corrected chi connectivity index (χ2v) is 9.94. The molecule has 10 nitrogen and oxygen atoms in total. The first-order valence-electron chi connectivity index (χ1n) is 11.0. The van der Waals surface area contributed by atoms with Gasteiger partial charge in [-0.3, -0.25) is 9.69 Å². The highest BCUT2D eigenvalue weighted by Crippen LogP contribution is 2.41. The van der Waals surface area contributed by atoms with E-state index >= 15 is 0 Å². The molecule has 1 atom stereocenters. The van der Waals surface area contributed by atoms with Crippen molar-refractivity contribution in [1.82, 2.24) is 25.1 Å². The number of fused-ring (bicyclic) bond motifs is 1. The molecular weight excluding hydrogens is 500 g/mol. The minimum Gasteiger partial charge on any atom is -0.448 e. The highest BCUT2D eigenvalue weighted by atomic mass is 32.2. The first kappa shape index (κ1) is 24.1. The first-order chi connectivity index (χ1) is 17.6. The molecule has 184 valence electrons. The van der Waals surface area contributed by atoms with Crippen LogP contribution in [-0.4, -0.2) is 66.7 Å². The number of hydrogen-bond acceptors (Lipinski definition) is 10. The first-order valence-corrected chi connectivity index (χ1v) is 13.1. The molecule has 0 N–H and O–H groups in total. The number of amides is 1. The Morgan fingerprint density at radius 3 is 2.42 bits per heavy atom. The van der Waals surface area contributed by atoms with Gasteiger partial charge < -0.3 is 9.57 Å². The zero-order valence-electron chi connectivity index (χ0n) is 19.5. The zero-order chi connectivity index (χ0) is 25.1. The minimum absolute atomic E-state index is 0.235. The predicted octanol–water partition coefficient (Wildman–Crippen LogP) is 2.81. The third-order valence-electron chi connectivity index (χ3n) is 5.67. The number of esters is 1. The summed E-state index contributed by atoms with van der Waals surface area (Å²) >= 11 is 2.89. The number of thioether (sulfide) groups is 2. The van der Waals surface area contributed by atoms with Crippen LogP contribution in [0.4, 0.5) is 0 Å². The standard InChI is InChI=1S/C24H22N6O4S2/c1-29-24(25-27-28-29)36-14-17-13-35-22-18(26-33-2)21(31)30(22)19(17)23(32)34-20(15-9-5-3-6-10-15)16-11-7-4-8-12-16/h3-12,20,22H,13-14H2,1-2H3/t22-/m1/s1. The van der Waals surface area contributed by atoms with Crippen molar-refractivity contribution in [1.29, 1.82) is 0 Å². The third-order valence-corrected chi connectivity index (χ3v) is 8.03. The molecule has 3 heterocycles. The van der Waals surface area contributed by atoms with E-state index in [0.717, 1.165) is 16.7 Å². The molecule has 0 aliphatic carbocycles. The quantitative estimate of drug-likeness (QED) is 0.191. The highest BCUT2D eigenvalue weighted by Gasteiger charge is 2.52. The molecule has 0 spiro atoms. The molecule has 1 fully saturated rings. The summed E-state index contributed by atoms with van der Waals surface area (Å²) in [5.41, 5.74) is 2.94. The summed E-state index contributed by atoms with van der Waals surface area (Å²) in [5, 5.41) is 15.6. The van der Waals surface area contributed by atoms with E-state index in [1.165, 1.54) is 35.5 Å². The SMILES string of the molecule is CON=C1C(=O)N2C(C(=O)OC(c3ccccc3)c3ccccc3)=C(CSc3nnnn3C)CS[C@H]12. The van der Waals surface area contributed by atoms with Crippen molar-refractivity contribution < 1.29 is 19.2 Å². The van der Waals surface area contributed by atoms with E-state index in [9.17, 15) is 9.59 Å². The Morgan fingerprint density at radius 1 is 1.17 bits per heavy atom. The van der Waals surface area contributed by atoms with Gasteiger partial charge in [0, 0.05) is 18.6 Å². The maximum Gasteiger partial charge on any atom is 0.356 e. The van der Waals surface area contributed by atoms with Crippen LogP contribution in [0, 0.1) is 0 Å². The minimum atomic E-state index is -0.638. The number of aryl methyl sites for hydroxylation is 1. The van der Waals surface area contributed by atoms with E-state index < -0.39 is 17.4 Å². The molecule has 0 saturated carbocycles. The Morgan fingerprint density at radius 2 is 1.83 bits per heavy atom. The van der Waals surface area contributed by atoms with Crippen LogP contribution in [0.5, 0.6) is 0 Å². The molecule has 0 bridgehead atoms. The number of benzene rings is 2. The van der Waals surface area contributed by atoms with Gasteiger partial charge in [-0.1, -0.05) is 77.6 Å². The summed E-state index contributed by atoms with van der Waals surface area (Å²) in [4.78, 5) is 33.1. The molecule has 1 saturated heterocycles. The number of aromatic nitrogens is 4. The van der Waals surface area contributed by atoms with Gasteiger partial charge >= 0.3 is 5.97 Å². The lowest BCUT2D eigenvalue weighted by Crippen LogP contribution is -2.62. The molecular formula is C24H22N6O4S2. The molecule has 1 amide bonds. The van der Waals surface area contributed by atoms with Gasteiger partial charge in [0.1, 0.15) is 18.2 Å². The Hall–Kier alpha value is -3.64. The lowest BCUT2D eigenvalue weighted by molar-refractivity contribution is -0.147. The molecule has 1 aromatic heterocycles. The van der Waals surface area contributed by atoms with E-state index in [0.29, 0.717) is 16.7 Å². The van der Waals surface area contributed by atoms with Crippen molar-refractivity contribution in [3.05, 3.63) is 83.1 Å². The number of rotatable bonds is 8. The number of nitrogens with zero attached hydrogens (tertiary/aromatic N) is 6. The molecule has 0 radical (unpaired) electrons.